The third kappa shape index (κ3) is 10.4. The topological polar surface area (TPSA) is 245 Å². The molecule has 0 aromatic carbocycles. The highest BCUT2D eigenvalue weighted by molar-refractivity contribution is 5.95. The number of aliphatic hydroxyl groups is 1. The second kappa shape index (κ2) is 13.1. The van der Waals surface area contributed by atoms with Crippen molar-refractivity contribution >= 4 is 35.6 Å². The van der Waals surface area contributed by atoms with E-state index in [1.54, 1.807) is 0 Å². The van der Waals surface area contributed by atoms with Crippen molar-refractivity contribution in [3.63, 3.8) is 0 Å². The summed E-state index contributed by atoms with van der Waals surface area (Å²) in [6, 6.07) is -5.88. The van der Waals surface area contributed by atoms with E-state index in [9.17, 15) is 28.8 Å². The molecular formula is C17H28N4O10. The number of aliphatic carboxylic acids is 3. The van der Waals surface area contributed by atoms with Crippen molar-refractivity contribution in [2.75, 3.05) is 6.61 Å². The Hall–Kier alpha value is -3.26. The van der Waals surface area contributed by atoms with E-state index in [0.717, 1.165) is 0 Å². The maximum absolute atomic E-state index is 12.5. The SMILES string of the molecule is CC(C)C(NC(=O)C(CC(=O)O)NC(=O)C(N)CCC(=O)O)C(=O)NC(CO)C(=O)O. The van der Waals surface area contributed by atoms with Gasteiger partial charge in [-0.15, -0.1) is 0 Å². The molecule has 14 heteroatoms. The Morgan fingerprint density at radius 1 is 0.806 bits per heavy atom. The van der Waals surface area contributed by atoms with E-state index in [4.69, 9.17) is 26.2 Å². The van der Waals surface area contributed by atoms with Crippen LogP contribution in [0.2, 0.25) is 0 Å². The van der Waals surface area contributed by atoms with Gasteiger partial charge in [0.05, 0.1) is 19.1 Å². The molecule has 0 aliphatic heterocycles. The predicted molar refractivity (Wildman–Crippen MR) is 102 cm³/mol. The maximum Gasteiger partial charge on any atom is 0.328 e. The van der Waals surface area contributed by atoms with Crippen molar-refractivity contribution in [3.05, 3.63) is 0 Å². The van der Waals surface area contributed by atoms with Crippen LogP contribution in [0.3, 0.4) is 0 Å². The van der Waals surface area contributed by atoms with Crippen LogP contribution in [0.5, 0.6) is 0 Å². The van der Waals surface area contributed by atoms with Gasteiger partial charge < -0.3 is 42.1 Å². The van der Waals surface area contributed by atoms with Gasteiger partial charge in [-0.05, 0) is 12.3 Å². The lowest BCUT2D eigenvalue weighted by Gasteiger charge is -2.26. The number of rotatable bonds is 14. The molecule has 3 amide bonds. The Morgan fingerprint density at radius 3 is 1.77 bits per heavy atom. The molecule has 0 aliphatic carbocycles. The molecule has 0 aliphatic rings. The van der Waals surface area contributed by atoms with Crippen molar-refractivity contribution in [1.29, 1.82) is 0 Å². The second-order valence-electron chi connectivity index (χ2n) is 7.01. The number of carbonyl (C=O) groups is 6. The Morgan fingerprint density at radius 2 is 1.35 bits per heavy atom. The molecule has 0 bridgehead atoms. The molecule has 0 spiro atoms. The first kappa shape index (κ1) is 27.7. The number of nitrogens with one attached hydrogen (secondary N) is 3. The minimum atomic E-state index is -1.64. The van der Waals surface area contributed by atoms with E-state index in [1.165, 1.54) is 13.8 Å². The largest absolute Gasteiger partial charge is 0.481 e. The third-order valence-corrected chi connectivity index (χ3v) is 4.06. The molecule has 0 fully saturated rings. The minimum absolute atomic E-state index is 0.253. The van der Waals surface area contributed by atoms with E-state index in [0.29, 0.717) is 0 Å². The van der Waals surface area contributed by atoms with E-state index in [1.807, 2.05) is 5.32 Å². The average molecular weight is 448 g/mol. The average Bonchev–Trinajstić information content (AvgIpc) is 2.66. The smallest absolute Gasteiger partial charge is 0.328 e. The van der Waals surface area contributed by atoms with E-state index >= 15 is 0 Å². The highest BCUT2D eigenvalue weighted by Crippen LogP contribution is 2.05. The summed E-state index contributed by atoms with van der Waals surface area (Å²) in [5.74, 6) is -7.67. The fourth-order valence-electron chi connectivity index (χ4n) is 2.31. The molecule has 4 atom stereocenters. The van der Waals surface area contributed by atoms with Gasteiger partial charge >= 0.3 is 17.9 Å². The Kier molecular flexibility index (Phi) is 11.7. The third-order valence-electron chi connectivity index (χ3n) is 4.06. The fourth-order valence-corrected chi connectivity index (χ4v) is 2.31. The zero-order chi connectivity index (χ0) is 24.3. The highest BCUT2D eigenvalue weighted by atomic mass is 16.4. The van der Waals surface area contributed by atoms with Crippen LogP contribution >= 0.6 is 0 Å². The molecule has 0 heterocycles. The van der Waals surface area contributed by atoms with Gasteiger partial charge in [0.15, 0.2) is 0 Å². The van der Waals surface area contributed by atoms with Crippen LogP contribution in [0.25, 0.3) is 0 Å². The van der Waals surface area contributed by atoms with Crippen molar-refractivity contribution in [3.8, 4) is 0 Å². The number of carboxylic acid groups (broad SMARTS) is 3. The minimum Gasteiger partial charge on any atom is -0.481 e. The van der Waals surface area contributed by atoms with Gasteiger partial charge in [0.1, 0.15) is 18.1 Å². The Balaban J connectivity index is 5.33. The van der Waals surface area contributed by atoms with Crippen LogP contribution in [0.4, 0.5) is 0 Å². The molecule has 0 radical (unpaired) electrons. The molecule has 0 saturated carbocycles. The Bertz CT molecular complexity index is 696. The van der Waals surface area contributed by atoms with Crippen molar-refractivity contribution in [2.24, 2.45) is 11.7 Å². The summed E-state index contributed by atoms with van der Waals surface area (Å²) < 4.78 is 0. The zero-order valence-corrected chi connectivity index (χ0v) is 17.0. The van der Waals surface area contributed by atoms with Crippen LogP contribution in [0.15, 0.2) is 0 Å². The molecule has 0 aromatic rings. The number of carbonyl (C=O) groups excluding carboxylic acids is 3. The van der Waals surface area contributed by atoms with Crippen LogP contribution < -0.4 is 21.7 Å². The summed E-state index contributed by atoms with van der Waals surface area (Å²) >= 11 is 0. The predicted octanol–water partition coefficient (Wildman–Crippen LogP) is -3.16. The zero-order valence-electron chi connectivity index (χ0n) is 17.0. The second-order valence-corrected chi connectivity index (χ2v) is 7.01. The standard InChI is InChI=1S/C17H28N4O10/c1-7(2)13(16(29)20-10(6-22)17(30)31)21-15(28)9(5-12(25)26)19-14(27)8(18)3-4-11(23)24/h7-10,13,22H,3-6,18H2,1-2H3,(H,19,27)(H,20,29)(H,21,28)(H,23,24)(H,25,26)(H,30,31). The summed E-state index contributed by atoms with van der Waals surface area (Å²) in [4.78, 5) is 69.6. The van der Waals surface area contributed by atoms with Gasteiger partial charge in [-0.1, -0.05) is 13.8 Å². The normalized spacial score (nSPS) is 14.6. The van der Waals surface area contributed by atoms with Crippen molar-refractivity contribution in [1.82, 2.24) is 16.0 Å². The molecule has 14 nitrogen and oxygen atoms in total. The van der Waals surface area contributed by atoms with Gasteiger partial charge in [-0.2, -0.15) is 0 Å². The maximum atomic E-state index is 12.5. The van der Waals surface area contributed by atoms with Gasteiger partial charge in [0.25, 0.3) is 0 Å². The quantitative estimate of drug-likeness (QED) is 0.132. The summed E-state index contributed by atoms with van der Waals surface area (Å²) in [5.41, 5.74) is 5.54. The number of hydrogen-bond donors (Lipinski definition) is 8. The molecule has 9 N–H and O–H groups in total. The lowest BCUT2D eigenvalue weighted by Crippen LogP contribution is -2.59. The fraction of sp³-hybridized carbons (Fsp3) is 0.647. The molecule has 0 aromatic heterocycles. The van der Waals surface area contributed by atoms with Crippen molar-refractivity contribution in [2.45, 2.75) is 57.3 Å². The summed E-state index contributed by atoms with van der Waals surface area (Å²) in [6.07, 6.45) is -1.53. The van der Waals surface area contributed by atoms with Gasteiger partial charge in [0, 0.05) is 6.42 Å². The van der Waals surface area contributed by atoms with Gasteiger partial charge in [-0.25, -0.2) is 4.79 Å². The first-order chi connectivity index (χ1) is 14.3. The number of amides is 3. The first-order valence-corrected chi connectivity index (χ1v) is 9.24. The van der Waals surface area contributed by atoms with E-state index in [2.05, 4.69) is 10.6 Å². The summed E-state index contributed by atoms with van der Waals surface area (Å²) in [6.45, 7) is 2.14. The highest BCUT2D eigenvalue weighted by Gasteiger charge is 2.32. The summed E-state index contributed by atoms with van der Waals surface area (Å²) in [7, 11) is 0. The van der Waals surface area contributed by atoms with Crippen LogP contribution in [-0.4, -0.2) is 86.8 Å². The van der Waals surface area contributed by atoms with Gasteiger partial charge in [0.2, 0.25) is 17.7 Å². The molecule has 176 valence electrons. The van der Waals surface area contributed by atoms with Crippen molar-refractivity contribution < 1.29 is 49.2 Å². The molecule has 0 rings (SSSR count). The first-order valence-electron chi connectivity index (χ1n) is 9.24. The van der Waals surface area contributed by atoms with Crippen LogP contribution in [-0.2, 0) is 28.8 Å². The van der Waals surface area contributed by atoms with E-state index < -0.39 is 85.2 Å². The van der Waals surface area contributed by atoms with Crippen LogP contribution in [0, 0.1) is 5.92 Å². The lowest BCUT2D eigenvalue weighted by molar-refractivity contribution is -0.144. The molecule has 31 heavy (non-hydrogen) atoms. The van der Waals surface area contributed by atoms with Crippen LogP contribution in [0.1, 0.15) is 33.1 Å². The number of hydrogen-bond acceptors (Lipinski definition) is 8. The lowest BCUT2D eigenvalue weighted by atomic mass is 10.0. The molecule has 4 unspecified atom stereocenters. The molecule has 0 saturated heterocycles. The molecular weight excluding hydrogens is 420 g/mol. The number of carboxylic acids is 3. The summed E-state index contributed by atoms with van der Waals surface area (Å²) in [5, 5.41) is 42.0. The van der Waals surface area contributed by atoms with Gasteiger partial charge in [-0.3, -0.25) is 24.0 Å². The van der Waals surface area contributed by atoms with E-state index in [-0.39, 0.29) is 6.42 Å². The monoisotopic (exact) mass is 448 g/mol. The number of aliphatic hydroxyl groups excluding tert-OH is 1. The Labute approximate surface area is 177 Å². The number of nitrogens with two attached hydrogens (primary N) is 1.